The van der Waals surface area contributed by atoms with Gasteiger partial charge in [0.15, 0.2) is 0 Å². The number of hydrogen-bond donors (Lipinski definition) is 2. The molecule has 3 unspecified atom stereocenters. The van der Waals surface area contributed by atoms with Crippen LogP contribution in [0.25, 0.3) is 0 Å². The molecule has 1 saturated carbocycles. The highest BCUT2D eigenvalue weighted by molar-refractivity contribution is 4.88. The second-order valence-electron chi connectivity index (χ2n) is 6.74. The van der Waals surface area contributed by atoms with Crippen molar-refractivity contribution in [1.29, 1.82) is 0 Å². The number of hydrogen-bond acceptors (Lipinski definition) is 2. The van der Waals surface area contributed by atoms with E-state index in [1.54, 1.807) is 0 Å². The van der Waals surface area contributed by atoms with Crippen LogP contribution in [0.4, 0.5) is 0 Å². The zero-order valence-corrected chi connectivity index (χ0v) is 13.0. The van der Waals surface area contributed by atoms with Crippen LogP contribution in [0.1, 0.15) is 66.7 Å². The molecule has 0 bridgehead atoms. The quantitative estimate of drug-likeness (QED) is 0.760. The molecule has 18 heavy (non-hydrogen) atoms. The molecule has 0 saturated heterocycles. The van der Waals surface area contributed by atoms with Crippen molar-refractivity contribution in [3.05, 3.63) is 0 Å². The van der Waals surface area contributed by atoms with Gasteiger partial charge in [-0.25, -0.2) is 0 Å². The molecule has 3 atom stereocenters. The molecular formula is C16H33NO. The Kier molecular flexibility index (Phi) is 6.13. The van der Waals surface area contributed by atoms with E-state index in [-0.39, 0.29) is 0 Å². The predicted molar refractivity (Wildman–Crippen MR) is 78.7 cm³/mol. The first-order valence-electron chi connectivity index (χ1n) is 7.87. The Morgan fingerprint density at radius 2 is 1.83 bits per heavy atom. The summed E-state index contributed by atoms with van der Waals surface area (Å²) in [5.41, 5.74) is -0.512. The first kappa shape index (κ1) is 16.0. The summed E-state index contributed by atoms with van der Waals surface area (Å²) >= 11 is 0. The first-order chi connectivity index (χ1) is 8.41. The Morgan fingerprint density at radius 1 is 1.22 bits per heavy atom. The molecule has 0 aromatic rings. The molecule has 2 heteroatoms. The average Bonchev–Trinajstić information content (AvgIpc) is 2.35. The summed E-state index contributed by atoms with van der Waals surface area (Å²) in [5.74, 6) is 2.35. The summed E-state index contributed by atoms with van der Waals surface area (Å²) in [6.45, 7) is 11.9. The Hall–Kier alpha value is -0.0800. The summed E-state index contributed by atoms with van der Waals surface area (Å²) in [4.78, 5) is 0. The highest BCUT2D eigenvalue weighted by Gasteiger charge is 2.32. The second kappa shape index (κ2) is 6.91. The summed E-state index contributed by atoms with van der Waals surface area (Å²) in [6, 6.07) is 0.596. The highest BCUT2D eigenvalue weighted by Crippen LogP contribution is 2.33. The monoisotopic (exact) mass is 255 g/mol. The lowest BCUT2D eigenvalue weighted by Gasteiger charge is -2.39. The molecule has 0 aromatic heterocycles. The Balaban J connectivity index is 2.55. The second-order valence-corrected chi connectivity index (χ2v) is 6.74. The average molecular weight is 255 g/mol. The van der Waals surface area contributed by atoms with Gasteiger partial charge >= 0.3 is 0 Å². The van der Waals surface area contributed by atoms with Crippen molar-refractivity contribution < 1.29 is 5.11 Å². The van der Waals surface area contributed by atoms with Crippen LogP contribution in [0.5, 0.6) is 0 Å². The predicted octanol–water partition coefficient (Wildman–Crippen LogP) is 3.59. The van der Waals surface area contributed by atoms with Crippen LogP contribution in [0.2, 0.25) is 0 Å². The lowest BCUT2D eigenvalue weighted by Crippen LogP contribution is -2.49. The van der Waals surface area contributed by atoms with Gasteiger partial charge in [-0.1, -0.05) is 41.0 Å². The zero-order chi connectivity index (χ0) is 13.8. The Labute approximate surface area is 114 Å². The molecule has 1 aliphatic carbocycles. The van der Waals surface area contributed by atoms with Gasteiger partial charge in [0.1, 0.15) is 0 Å². The van der Waals surface area contributed by atoms with E-state index >= 15 is 0 Å². The van der Waals surface area contributed by atoms with Crippen LogP contribution in [0.15, 0.2) is 0 Å². The van der Waals surface area contributed by atoms with Crippen molar-refractivity contribution in [2.45, 2.75) is 78.4 Å². The standard InChI is InChI=1S/C16H33NO/c1-6-16(18,7-2)11-17-15-10-13(5)8-9-14(15)12(3)4/h12-15,17-18H,6-11H2,1-5H3. The molecule has 0 heterocycles. The number of nitrogens with one attached hydrogen (secondary N) is 1. The molecule has 0 aliphatic heterocycles. The SMILES string of the molecule is CCC(O)(CC)CNC1CC(C)CCC1C(C)C. The summed E-state index contributed by atoms with van der Waals surface area (Å²) in [5, 5.41) is 14.1. The third-order valence-electron chi connectivity index (χ3n) is 5.03. The van der Waals surface area contributed by atoms with E-state index in [0.717, 1.165) is 37.1 Å². The minimum atomic E-state index is -0.512. The van der Waals surface area contributed by atoms with E-state index in [9.17, 15) is 5.11 Å². The van der Waals surface area contributed by atoms with Gasteiger partial charge in [0.25, 0.3) is 0 Å². The molecule has 0 amide bonds. The van der Waals surface area contributed by atoms with E-state index in [1.165, 1.54) is 19.3 Å². The van der Waals surface area contributed by atoms with Crippen molar-refractivity contribution in [2.75, 3.05) is 6.54 Å². The molecular weight excluding hydrogens is 222 g/mol. The van der Waals surface area contributed by atoms with Gasteiger partial charge < -0.3 is 10.4 Å². The van der Waals surface area contributed by atoms with E-state index in [0.29, 0.717) is 6.04 Å². The maximum atomic E-state index is 10.4. The van der Waals surface area contributed by atoms with Gasteiger partial charge in [0.2, 0.25) is 0 Å². The molecule has 1 aliphatic rings. The molecule has 1 fully saturated rings. The van der Waals surface area contributed by atoms with Crippen LogP contribution in [0, 0.1) is 17.8 Å². The zero-order valence-electron chi connectivity index (χ0n) is 13.0. The van der Waals surface area contributed by atoms with Gasteiger partial charge in [0.05, 0.1) is 5.60 Å². The van der Waals surface area contributed by atoms with Crippen molar-refractivity contribution >= 4 is 0 Å². The Morgan fingerprint density at radius 3 is 2.33 bits per heavy atom. The van der Waals surface area contributed by atoms with Gasteiger partial charge in [-0.2, -0.15) is 0 Å². The largest absolute Gasteiger partial charge is 0.389 e. The Bertz CT molecular complexity index is 235. The maximum absolute atomic E-state index is 10.4. The summed E-state index contributed by atoms with van der Waals surface area (Å²) < 4.78 is 0. The molecule has 0 spiro atoms. The lowest BCUT2D eigenvalue weighted by atomic mass is 9.74. The minimum absolute atomic E-state index is 0.512. The fraction of sp³-hybridized carbons (Fsp3) is 1.00. The van der Waals surface area contributed by atoms with Crippen LogP contribution >= 0.6 is 0 Å². The van der Waals surface area contributed by atoms with Crippen molar-refractivity contribution in [1.82, 2.24) is 5.32 Å². The molecule has 2 N–H and O–H groups in total. The van der Waals surface area contributed by atoms with Crippen LogP contribution < -0.4 is 5.32 Å². The van der Waals surface area contributed by atoms with E-state index < -0.39 is 5.60 Å². The maximum Gasteiger partial charge on any atom is 0.0766 e. The summed E-state index contributed by atoms with van der Waals surface area (Å²) in [6.07, 6.45) is 5.66. The van der Waals surface area contributed by atoms with Gasteiger partial charge in [0, 0.05) is 12.6 Å². The normalized spacial score (nSPS) is 29.8. The van der Waals surface area contributed by atoms with Crippen LogP contribution in [-0.2, 0) is 0 Å². The van der Waals surface area contributed by atoms with Gasteiger partial charge in [-0.15, -0.1) is 0 Å². The van der Waals surface area contributed by atoms with Crippen molar-refractivity contribution in [3.8, 4) is 0 Å². The minimum Gasteiger partial charge on any atom is -0.389 e. The summed E-state index contributed by atoms with van der Waals surface area (Å²) in [7, 11) is 0. The third-order valence-corrected chi connectivity index (χ3v) is 5.03. The molecule has 108 valence electrons. The fourth-order valence-electron chi connectivity index (χ4n) is 3.26. The molecule has 2 nitrogen and oxygen atoms in total. The fourth-order valence-corrected chi connectivity index (χ4v) is 3.26. The molecule has 1 rings (SSSR count). The van der Waals surface area contributed by atoms with Gasteiger partial charge in [-0.05, 0) is 43.4 Å². The first-order valence-corrected chi connectivity index (χ1v) is 7.87. The number of rotatable bonds is 6. The highest BCUT2D eigenvalue weighted by atomic mass is 16.3. The topological polar surface area (TPSA) is 32.3 Å². The smallest absolute Gasteiger partial charge is 0.0766 e. The van der Waals surface area contributed by atoms with E-state index in [1.807, 2.05) is 0 Å². The van der Waals surface area contributed by atoms with Crippen LogP contribution in [-0.4, -0.2) is 23.3 Å². The molecule has 0 aromatic carbocycles. The van der Waals surface area contributed by atoms with Crippen molar-refractivity contribution in [3.63, 3.8) is 0 Å². The third kappa shape index (κ3) is 4.24. The van der Waals surface area contributed by atoms with E-state index in [4.69, 9.17) is 0 Å². The van der Waals surface area contributed by atoms with Gasteiger partial charge in [-0.3, -0.25) is 0 Å². The lowest BCUT2D eigenvalue weighted by molar-refractivity contribution is 0.0226. The van der Waals surface area contributed by atoms with Crippen LogP contribution in [0.3, 0.4) is 0 Å². The number of aliphatic hydroxyl groups is 1. The van der Waals surface area contributed by atoms with Crippen molar-refractivity contribution in [2.24, 2.45) is 17.8 Å². The van der Waals surface area contributed by atoms with E-state index in [2.05, 4.69) is 39.9 Å². The molecule has 0 radical (unpaired) electrons.